The van der Waals surface area contributed by atoms with Crippen molar-refractivity contribution in [3.8, 4) is 0 Å². The lowest BCUT2D eigenvalue weighted by atomic mass is 10.1. The molecule has 1 saturated heterocycles. The fourth-order valence-corrected chi connectivity index (χ4v) is 1.24. The zero-order valence-electron chi connectivity index (χ0n) is 7.45. The van der Waals surface area contributed by atoms with E-state index in [1.165, 1.54) is 11.3 Å². The van der Waals surface area contributed by atoms with Gasteiger partial charge in [-0.15, -0.1) is 0 Å². The van der Waals surface area contributed by atoms with E-state index < -0.39 is 0 Å². The number of benzene rings is 1. The molecule has 1 aromatic carbocycles. The molecule has 1 fully saturated rings. The first-order chi connectivity index (χ1) is 5.77. The van der Waals surface area contributed by atoms with E-state index in [0.717, 1.165) is 6.61 Å². The van der Waals surface area contributed by atoms with Crippen molar-refractivity contribution in [1.29, 1.82) is 0 Å². The maximum atomic E-state index is 5.21. The lowest BCUT2D eigenvalue weighted by Crippen LogP contribution is -2.08. The molecule has 0 radical (unpaired) electrons. The number of epoxide rings is 1. The lowest BCUT2D eigenvalue weighted by molar-refractivity contribution is 0.415. The third kappa shape index (κ3) is 1.43. The van der Waals surface area contributed by atoms with E-state index in [-0.39, 0.29) is 0 Å². The zero-order chi connectivity index (χ0) is 8.55. The smallest absolute Gasteiger partial charge is 0.106 e. The molecule has 2 rings (SSSR count). The zero-order valence-corrected chi connectivity index (χ0v) is 7.45. The third-order valence-corrected chi connectivity index (χ3v) is 2.09. The Morgan fingerprint density at radius 1 is 1.42 bits per heavy atom. The molecule has 64 valence electrons. The summed E-state index contributed by atoms with van der Waals surface area (Å²) in [6.07, 6.45) is 0.366. The summed E-state index contributed by atoms with van der Waals surface area (Å²) >= 11 is 0. The van der Waals surface area contributed by atoms with E-state index in [4.69, 9.17) is 4.74 Å². The number of nitrogens with zero attached hydrogens (tertiary/aromatic N) is 1. The highest BCUT2D eigenvalue weighted by atomic mass is 16.6. The van der Waals surface area contributed by atoms with Crippen molar-refractivity contribution in [3.05, 3.63) is 29.8 Å². The van der Waals surface area contributed by atoms with Gasteiger partial charge in [-0.05, 0) is 17.7 Å². The van der Waals surface area contributed by atoms with Crippen LogP contribution < -0.4 is 4.90 Å². The van der Waals surface area contributed by atoms with E-state index in [0.29, 0.717) is 6.10 Å². The van der Waals surface area contributed by atoms with Crippen LogP contribution in [0.3, 0.4) is 0 Å². The number of ether oxygens (including phenoxy) is 1. The molecule has 0 unspecified atom stereocenters. The predicted octanol–water partition coefficient (Wildman–Crippen LogP) is 1.82. The van der Waals surface area contributed by atoms with E-state index in [9.17, 15) is 0 Å². The van der Waals surface area contributed by atoms with Crippen molar-refractivity contribution in [2.45, 2.75) is 6.10 Å². The predicted molar refractivity (Wildman–Crippen MR) is 49.5 cm³/mol. The Morgan fingerprint density at radius 3 is 2.75 bits per heavy atom. The van der Waals surface area contributed by atoms with Crippen molar-refractivity contribution < 1.29 is 4.74 Å². The highest BCUT2D eigenvalue weighted by Gasteiger charge is 2.24. The Morgan fingerprint density at radius 2 is 2.17 bits per heavy atom. The minimum atomic E-state index is 0.366. The molecular weight excluding hydrogens is 150 g/mol. The van der Waals surface area contributed by atoms with Crippen LogP contribution in [0.5, 0.6) is 0 Å². The van der Waals surface area contributed by atoms with Gasteiger partial charge < -0.3 is 9.64 Å². The maximum Gasteiger partial charge on any atom is 0.106 e. The van der Waals surface area contributed by atoms with Gasteiger partial charge in [-0.25, -0.2) is 0 Å². The van der Waals surface area contributed by atoms with Crippen molar-refractivity contribution in [1.82, 2.24) is 0 Å². The molecule has 0 aromatic heterocycles. The van der Waals surface area contributed by atoms with Gasteiger partial charge in [0.25, 0.3) is 0 Å². The molecule has 2 heteroatoms. The van der Waals surface area contributed by atoms with Crippen LogP contribution in [-0.4, -0.2) is 20.7 Å². The van der Waals surface area contributed by atoms with Crippen LogP contribution in [0.4, 0.5) is 5.69 Å². The van der Waals surface area contributed by atoms with E-state index in [2.05, 4.69) is 29.2 Å². The molecule has 0 saturated carbocycles. The van der Waals surface area contributed by atoms with Gasteiger partial charge >= 0.3 is 0 Å². The Balaban J connectivity index is 2.26. The van der Waals surface area contributed by atoms with Crippen LogP contribution >= 0.6 is 0 Å². The lowest BCUT2D eigenvalue weighted by Gasteiger charge is -2.12. The summed E-state index contributed by atoms with van der Waals surface area (Å²) in [7, 11) is 4.10. The Bertz CT molecular complexity index is 262. The van der Waals surface area contributed by atoms with Crippen molar-refractivity contribution in [2.24, 2.45) is 0 Å². The number of anilines is 1. The number of hydrogen-bond acceptors (Lipinski definition) is 2. The van der Waals surface area contributed by atoms with Gasteiger partial charge in [0.15, 0.2) is 0 Å². The average Bonchev–Trinajstić information content (AvgIpc) is 2.87. The summed E-state index contributed by atoms with van der Waals surface area (Å²) in [6.45, 7) is 0.886. The first kappa shape index (κ1) is 7.62. The summed E-state index contributed by atoms with van der Waals surface area (Å²) in [5.74, 6) is 0. The van der Waals surface area contributed by atoms with Gasteiger partial charge in [-0.2, -0.15) is 0 Å². The summed E-state index contributed by atoms with van der Waals surface area (Å²) in [5.41, 5.74) is 2.53. The van der Waals surface area contributed by atoms with Crippen LogP contribution in [-0.2, 0) is 4.74 Å². The first-order valence-corrected chi connectivity index (χ1v) is 4.16. The van der Waals surface area contributed by atoms with Crippen LogP contribution in [0, 0.1) is 0 Å². The van der Waals surface area contributed by atoms with Gasteiger partial charge in [0.1, 0.15) is 6.10 Å². The Hall–Kier alpha value is -1.02. The summed E-state index contributed by atoms with van der Waals surface area (Å²) < 4.78 is 5.21. The standard InChI is InChI=1S/C10H13NO/c1-11(2)9-5-3-4-8(6-9)10-7-12-10/h3-6,10H,7H2,1-2H3/t10-/m1/s1. The van der Waals surface area contributed by atoms with Crippen LogP contribution in [0.1, 0.15) is 11.7 Å². The van der Waals surface area contributed by atoms with Crippen molar-refractivity contribution in [3.63, 3.8) is 0 Å². The van der Waals surface area contributed by atoms with Crippen LogP contribution in [0.2, 0.25) is 0 Å². The normalized spacial score (nSPS) is 20.7. The minimum absolute atomic E-state index is 0.366. The molecule has 0 N–H and O–H groups in total. The SMILES string of the molecule is CN(C)c1cccc([C@H]2CO2)c1. The molecule has 0 bridgehead atoms. The average molecular weight is 163 g/mol. The highest BCUT2D eigenvalue weighted by Crippen LogP contribution is 2.31. The molecule has 1 aliphatic heterocycles. The molecule has 0 spiro atoms. The van der Waals surface area contributed by atoms with Crippen molar-refractivity contribution in [2.75, 3.05) is 25.6 Å². The van der Waals surface area contributed by atoms with Gasteiger partial charge in [0.05, 0.1) is 6.61 Å². The highest BCUT2D eigenvalue weighted by molar-refractivity contribution is 5.48. The second kappa shape index (κ2) is 2.79. The topological polar surface area (TPSA) is 15.8 Å². The second-order valence-electron chi connectivity index (χ2n) is 3.31. The van der Waals surface area contributed by atoms with Gasteiger partial charge in [-0.3, -0.25) is 0 Å². The summed E-state index contributed by atoms with van der Waals surface area (Å²) in [5, 5.41) is 0. The molecule has 1 heterocycles. The molecular formula is C10H13NO. The summed E-state index contributed by atoms with van der Waals surface area (Å²) in [6, 6.07) is 8.47. The molecule has 1 aliphatic rings. The van der Waals surface area contributed by atoms with Crippen LogP contribution in [0.25, 0.3) is 0 Å². The van der Waals surface area contributed by atoms with Crippen molar-refractivity contribution >= 4 is 5.69 Å². The fourth-order valence-electron chi connectivity index (χ4n) is 1.24. The van der Waals surface area contributed by atoms with E-state index >= 15 is 0 Å². The fraction of sp³-hybridized carbons (Fsp3) is 0.400. The van der Waals surface area contributed by atoms with E-state index in [1.807, 2.05) is 14.1 Å². The summed E-state index contributed by atoms with van der Waals surface area (Å²) in [4.78, 5) is 2.10. The second-order valence-corrected chi connectivity index (χ2v) is 3.31. The van der Waals surface area contributed by atoms with Crippen LogP contribution in [0.15, 0.2) is 24.3 Å². The largest absolute Gasteiger partial charge is 0.378 e. The molecule has 2 nitrogen and oxygen atoms in total. The number of hydrogen-bond donors (Lipinski definition) is 0. The van der Waals surface area contributed by atoms with Gasteiger partial charge in [0, 0.05) is 19.8 Å². The van der Waals surface area contributed by atoms with Gasteiger partial charge in [0.2, 0.25) is 0 Å². The molecule has 0 aliphatic carbocycles. The molecule has 1 aromatic rings. The quantitative estimate of drug-likeness (QED) is 0.618. The number of rotatable bonds is 2. The molecule has 1 atom stereocenters. The minimum Gasteiger partial charge on any atom is -0.378 e. The van der Waals surface area contributed by atoms with Gasteiger partial charge in [-0.1, -0.05) is 12.1 Å². The maximum absolute atomic E-state index is 5.21. The Labute approximate surface area is 72.8 Å². The monoisotopic (exact) mass is 163 g/mol. The third-order valence-electron chi connectivity index (χ3n) is 2.09. The Kier molecular flexibility index (Phi) is 1.77. The van der Waals surface area contributed by atoms with E-state index in [1.54, 1.807) is 0 Å². The molecule has 12 heavy (non-hydrogen) atoms. The molecule has 0 amide bonds. The first-order valence-electron chi connectivity index (χ1n) is 4.16.